The fraction of sp³-hybridized carbons (Fsp3) is 0.467. The van der Waals surface area contributed by atoms with Gasteiger partial charge in [-0.1, -0.05) is 0 Å². The summed E-state index contributed by atoms with van der Waals surface area (Å²) in [7, 11) is 0. The van der Waals surface area contributed by atoms with Gasteiger partial charge in [0.15, 0.2) is 5.92 Å². The van der Waals surface area contributed by atoms with Crippen LogP contribution in [-0.2, 0) is 20.7 Å². The molecule has 2 aliphatic rings. The molecule has 5 heteroatoms. The van der Waals surface area contributed by atoms with E-state index in [9.17, 15) is 9.59 Å². The summed E-state index contributed by atoms with van der Waals surface area (Å²) in [6, 6.07) is 3.80. The minimum absolute atomic E-state index is 0.204. The monoisotopic (exact) mass is 275 g/mol. The molecule has 1 amide bonds. The quantitative estimate of drug-likeness (QED) is 0.621. The van der Waals surface area contributed by atoms with E-state index in [-0.39, 0.29) is 12.5 Å². The third kappa shape index (κ3) is 1.77. The summed E-state index contributed by atoms with van der Waals surface area (Å²) in [5.74, 6) is -0.750. The second-order valence-corrected chi connectivity index (χ2v) is 4.88. The third-order valence-electron chi connectivity index (χ3n) is 3.79. The van der Waals surface area contributed by atoms with E-state index in [1.54, 1.807) is 11.8 Å². The van der Waals surface area contributed by atoms with Crippen molar-refractivity contribution in [2.24, 2.45) is 0 Å². The van der Waals surface area contributed by atoms with Crippen LogP contribution < -0.4 is 9.64 Å². The van der Waals surface area contributed by atoms with Gasteiger partial charge < -0.3 is 14.4 Å². The van der Waals surface area contributed by atoms with Crippen molar-refractivity contribution < 1.29 is 19.1 Å². The zero-order valence-electron chi connectivity index (χ0n) is 11.6. The number of hydrogen-bond acceptors (Lipinski definition) is 4. The van der Waals surface area contributed by atoms with Crippen LogP contribution in [0, 0.1) is 0 Å². The SMILES string of the molecule is CCOC(=O)C1C(=O)N(CC)c2cc3c(cc21)OCC3. The van der Waals surface area contributed by atoms with Gasteiger partial charge in [0.1, 0.15) is 5.75 Å². The van der Waals surface area contributed by atoms with Crippen LogP contribution in [0.3, 0.4) is 0 Å². The Morgan fingerprint density at radius 2 is 2.25 bits per heavy atom. The number of fused-ring (bicyclic) bond motifs is 2. The molecule has 3 rings (SSSR count). The van der Waals surface area contributed by atoms with Gasteiger partial charge in [0.25, 0.3) is 0 Å². The number of benzene rings is 1. The molecule has 2 heterocycles. The van der Waals surface area contributed by atoms with Crippen LogP contribution in [0.5, 0.6) is 5.75 Å². The Labute approximate surface area is 117 Å². The molecule has 106 valence electrons. The highest BCUT2D eigenvalue weighted by Crippen LogP contribution is 2.43. The lowest BCUT2D eigenvalue weighted by Crippen LogP contribution is -2.32. The Balaban J connectivity index is 2.08. The first kappa shape index (κ1) is 13.0. The largest absolute Gasteiger partial charge is 0.493 e. The van der Waals surface area contributed by atoms with Gasteiger partial charge in [0.05, 0.1) is 13.2 Å². The average Bonchev–Trinajstić information content (AvgIpc) is 2.97. The lowest BCUT2D eigenvalue weighted by atomic mass is 9.98. The molecular formula is C15H17NO4. The number of ether oxygens (including phenoxy) is 2. The number of hydrogen-bond donors (Lipinski definition) is 0. The molecule has 20 heavy (non-hydrogen) atoms. The van der Waals surface area contributed by atoms with Gasteiger partial charge in [-0.05, 0) is 31.5 Å². The summed E-state index contributed by atoms with van der Waals surface area (Å²) >= 11 is 0. The van der Waals surface area contributed by atoms with Crippen LogP contribution in [-0.4, -0.2) is 31.6 Å². The number of amides is 1. The molecule has 5 nitrogen and oxygen atoms in total. The maximum atomic E-state index is 12.4. The second-order valence-electron chi connectivity index (χ2n) is 4.88. The highest BCUT2D eigenvalue weighted by Gasteiger charge is 2.43. The van der Waals surface area contributed by atoms with Crippen LogP contribution in [0.1, 0.15) is 30.9 Å². The lowest BCUT2D eigenvalue weighted by molar-refractivity contribution is -0.147. The normalized spacial score (nSPS) is 19.6. The van der Waals surface area contributed by atoms with Gasteiger partial charge in [0, 0.05) is 24.2 Å². The minimum atomic E-state index is -0.848. The summed E-state index contributed by atoms with van der Waals surface area (Å²) in [6.07, 6.45) is 0.846. The van der Waals surface area contributed by atoms with Gasteiger partial charge in [-0.25, -0.2) is 0 Å². The van der Waals surface area contributed by atoms with Gasteiger partial charge in [-0.2, -0.15) is 0 Å². The summed E-state index contributed by atoms with van der Waals surface area (Å²) < 4.78 is 10.6. The van der Waals surface area contributed by atoms with Crippen molar-refractivity contribution in [2.45, 2.75) is 26.2 Å². The first-order valence-corrected chi connectivity index (χ1v) is 6.95. The molecule has 2 aliphatic heterocycles. The van der Waals surface area contributed by atoms with Crippen molar-refractivity contribution in [3.8, 4) is 5.75 Å². The maximum Gasteiger partial charge on any atom is 0.323 e. The van der Waals surface area contributed by atoms with E-state index < -0.39 is 11.9 Å². The molecule has 0 saturated carbocycles. The smallest absolute Gasteiger partial charge is 0.323 e. The average molecular weight is 275 g/mol. The predicted octanol–water partition coefficient (Wildman–Crippen LogP) is 1.63. The summed E-state index contributed by atoms with van der Waals surface area (Å²) in [6.45, 7) is 5.11. The first-order chi connectivity index (χ1) is 9.67. The van der Waals surface area contributed by atoms with Gasteiger partial charge in [0.2, 0.25) is 5.91 Å². The van der Waals surface area contributed by atoms with Crippen molar-refractivity contribution in [3.63, 3.8) is 0 Å². The van der Waals surface area contributed by atoms with E-state index in [2.05, 4.69) is 0 Å². The van der Waals surface area contributed by atoms with Crippen LogP contribution in [0.15, 0.2) is 12.1 Å². The minimum Gasteiger partial charge on any atom is -0.493 e. The molecule has 0 aromatic heterocycles. The molecule has 0 spiro atoms. The van der Waals surface area contributed by atoms with Crippen molar-refractivity contribution in [1.82, 2.24) is 0 Å². The van der Waals surface area contributed by atoms with E-state index in [4.69, 9.17) is 9.47 Å². The maximum absolute atomic E-state index is 12.4. The van der Waals surface area contributed by atoms with Crippen LogP contribution in [0.2, 0.25) is 0 Å². The Morgan fingerprint density at radius 3 is 2.95 bits per heavy atom. The number of anilines is 1. The van der Waals surface area contributed by atoms with Crippen LogP contribution in [0.4, 0.5) is 5.69 Å². The van der Waals surface area contributed by atoms with Crippen LogP contribution in [0.25, 0.3) is 0 Å². The first-order valence-electron chi connectivity index (χ1n) is 6.95. The van der Waals surface area contributed by atoms with E-state index >= 15 is 0 Å². The highest BCUT2D eigenvalue weighted by molar-refractivity contribution is 6.16. The summed E-state index contributed by atoms with van der Waals surface area (Å²) in [4.78, 5) is 26.1. The molecule has 0 fully saturated rings. The Kier molecular flexibility index (Phi) is 3.12. The number of likely N-dealkylation sites (N-methyl/N-ethyl adjacent to an activating group) is 1. The van der Waals surface area contributed by atoms with E-state index in [0.29, 0.717) is 18.7 Å². The summed E-state index contributed by atoms with van der Waals surface area (Å²) in [5.41, 5.74) is 2.62. The predicted molar refractivity (Wildman–Crippen MR) is 73.0 cm³/mol. The molecule has 1 unspecified atom stereocenters. The van der Waals surface area contributed by atoms with E-state index in [1.165, 1.54) is 0 Å². The van der Waals surface area contributed by atoms with E-state index in [0.717, 1.165) is 23.4 Å². The fourth-order valence-corrected chi connectivity index (χ4v) is 2.88. The van der Waals surface area contributed by atoms with Gasteiger partial charge >= 0.3 is 5.97 Å². The molecule has 1 atom stereocenters. The highest BCUT2D eigenvalue weighted by atomic mass is 16.5. The number of rotatable bonds is 3. The summed E-state index contributed by atoms with van der Waals surface area (Å²) in [5, 5.41) is 0. The molecule has 0 bridgehead atoms. The molecule has 0 N–H and O–H groups in total. The van der Waals surface area contributed by atoms with Gasteiger partial charge in [-0.15, -0.1) is 0 Å². The topological polar surface area (TPSA) is 55.8 Å². The number of carbonyl (C=O) groups excluding carboxylic acids is 2. The molecule has 0 saturated heterocycles. The van der Waals surface area contributed by atoms with E-state index in [1.807, 2.05) is 19.1 Å². The Morgan fingerprint density at radius 1 is 1.45 bits per heavy atom. The molecule has 0 radical (unpaired) electrons. The number of nitrogens with zero attached hydrogens (tertiary/aromatic N) is 1. The Hall–Kier alpha value is -2.04. The van der Waals surface area contributed by atoms with Crippen molar-refractivity contribution in [1.29, 1.82) is 0 Å². The lowest BCUT2D eigenvalue weighted by Gasteiger charge is -2.15. The van der Waals surface area contributed by atoms with Crippen LogP contribution >= 0.6 is 0 Å². The third-order valence-corrected chi connectivity index (χ3v) is 3.79. The molecular weight excluding hydrogens is 258 g/mol. The van der Waals surface area contributed by atoms with Gasteiger partial charge in [-0.3, -0.25) is 9.59 Å². The number of esters is 1. The number of carbonyl (C=O) groups is 2. The molecule has 0 aliphatic carbocycles. The second kappa shape index (κ2) is 4.81. The molecule has 1 aromatic carbocycles. The van der Waals surface area contributed by atoms with Crippen molar-refractivity contribution in [2.75, 3.05) is 24.7 Å². The molecule has 1 aromatic rings. The van der Waals surface area contributed by atoms with Crippen molar-refractivity contribution in [3.05, 3.63) is 23.3 Å². The Bertz CT molecular complexity index is 581. The zero-order valence-corrected chi connectivity index (χ0v) is 11.6. The zero-order chi connectivity index (χ0) is 14.3. The standard InChI is InChI=1S/C15H17NO4/c1-3-16-11-7-9-5-6-20-12(9)8-10(11)13(14(16)17)15(18)19-4-2/h7-8,13H,3-6H2,1-2H3. The fourth-order valence-electron chi connectivity index (χ4n) is 2.88. The van der Waals surface area contributed by atoms with Crippen molar-refractivity contribution >= 4 is 17.6 Å².